The Hall–Kier alpha value is -2.70. The van der Waals surface area contributed by atoms with E-state index in [1.54, 1.807) is 13.8 Å². The molecule has 0 aromatic heterocycles. The first-order valence-corrected chi connectivity index (χ1v) is 6.75. The number of rotatable bonds is 8. The minimum atomic E-state index is -1.21. The van der Waals surface area contributed by atoms with Gasteiger partial charge in [0.05, 0.1) is 24.5 Å². The van der Waals surface area contributed by atoms with Gasteiger partial charge in [-0.05, 0) is 13.8 Å². The van der Waals surface area contributed by atoms with E-state index in [4.69, 9.17) is 14.2 Å². The van der Waals surface area contributed by atoms with Gasteiger partial charge < -0.3 is 19.3 Å². The van der Waals surface area contributed by atoms with Gasteiger partial charge in [-0.25, -0.2) is 9.59 Å². The fourth-order valence-corrected chi connectivity index (χ4v) is 1.66. The summed E-state index contributed by atoms with van der Waals surface area (Å²) in [7, 11) is 0. The molecule has 0 unspecified atom stereocenters. The molecule has 1 aromatic rings. The van der Waals surface area contributed by atoms with E-state index in [0.717, 1.165) is 0 Å². The van der Waals surface area contributed by atoms with Gasteiger partial charge in [0.25, 0.3) is 0 Å². The lowest BCUT2D eigenvalue weighted by molar-refractivity contribution is 0.0697. The summed E-state index contributed by atoms with van der Waals surface area (Å²) >= 11 is 0. The Balaban J connectivity index is 3.16. The number of amides is 1. The van der Waals surface area contributed by atoms with Crippen molar-refractivity contribution in [3.63, 3.8) is 0 Å². The average Bonchev–Trinajstić information content (AvgIpc) is 2.47. The van der Waals surface area contributed by atoms with Crippen LogP contribution in [0, 0.1) is 0 Å². The quantitative estimate of drug-likeness (QED) is 0.717. The van der Waals surface area contributed by atoms with Crippen molar-refractivity contribution in [3.8, 4) is 11.5 Å². The Morgan fingerprint density at radius 2 is 1.82 bits per heavy atom. The Morgan fingerprint density at radius 1 is 1.23 bits per heavy atom. The summed E-state index contributed by atoms with van der Waals surface area (Å²) in [5.41, 5.74) is -0.0593. The molecule has 22 heavy (non-hydrogen) atoms. The van der Waals surface area contributed by atoms with Crippen LogP contribution >= 0.6 is 0 Å². The van der Waals surface area contributed by atoms with Gasteiger partial charge in [0, 0.05) is 12.1 Å². The number of anilines is 1. The third-order valence-corrected chi connectivity index (χ3v) is 2.48. The van der Waals surface area contributed by atoms with E-state index in [0.29, 0.717) is 24.7 Å². The Kier molecular flexibility index (Phi) is 6.75. The lowest BCUT2D eigenvalue weighted by Crippen LogP contribution is -2.16. The number of ether oxygens (including phenoxy) is 3. The van der Waals surface area contributed by atoms with Crippen LogP contribution in [0.5, 0.6) is 11.5 Å². The van der Waals surface area contributed by atoms with Gasteiger partial charge in [-0.2, -0.15) is 0 Å². The van der Waals surface area contributed by atoms with E-state index >= 15 is 0 Å². The summed E-state index contributed by atoms with van der Waals surface area (Å²) in [5.74, 6) is -0.567. The first kappa shape index (κ1) is 17.4. The van der Waals surface area contributed by atoms with Crippen LogP contribution in [0.4, 0.5) is 10.5 Å². The molecule has 1 aromatic carbocycles. The number of carbonyl (C=O) groups is 2. The van der Waals surface area contributed by atoms with Crippen LogP contribution in [0.25, 0.3) is 0 Å². The van der Waals surface area contributed by atoms with Crippen LogP contribution in [0.15, 0.2) is 24.8 Å². The molecule has 7 nitrogen and oxygen atoms in total. The summed E-state index contributed by atoms with van der Waals surface area (Å²) in [6, 6.07) is 2.70. The van der Waals surface area contributed by atoms with Crippen LogP contribution < -0.4 is 14.8 Å². The Bertz CT molecular complexity index is 555. The minimum absolute atomic E-state index is 0.0174. The van der Waals surface area contributed by atoms with Gasteiger partial charge in [-0.3, -0.25) is 5.32 Å². The zero-order valence-electron chi connectivity index (χ0n) is 12.5. The summed E-state index contributed by atoms with van der Waals surface area (Å²) in [6.07, 6.45) is 0.621. The van der Waals surface area contributed by atoms with Gasteiger partial charge in [-0.1, -0.05) is 12.7 Å². The van der Waals surface area contributed by atoms with Crippen LogP contribution in [-0.2, 0) is 4.74 Å². The fourth-order valence-electron chi connectivity index (χ4n) is 1.66. The molecular formula is C15H19NO6. The number of benzene rings is 1. The zero-order chi connectivity index (χ0) is 16.5. The Labute approximate surface area is 128 Å². The molecule has 0 aliphatic carbocycles. The first-order valence-electron chi connectivity index (χ1n) is 6.75. The molecule has 0 bridgehead atoms. The number of carboxylic acids is 1. The molecule has 0 atom stereocenters. The summed E-state index contributed by atoms with van der Waals surface area (Å²) < 4.78 is 15.5. The van der Waals surface area contributed by atoms with Gasteiger partial charge in [-0.15, -0.1) is 0 Å². The van der Waals surface area contributed by atoms with Crippen molar-refractivity contribution in [2.75, 3.05) is 25.1 Å². The lowest BCUT2D eigenvalue weighted by Gasteiger charge is -2.15. The average molecular weight is 309 g/mol. The summed E-state index contributed by atoms with van der Waals surface area (Å²) in [6.45, 7) is 7.72. The molecular weight excluding hydrogens is 290 g/mol. The molecule has 0 saturated heterocycles. The van der Waals surface area contributed by atoms with Gasteiger partial charge >= 0.3 is 12.1 Å². The van der Waals surface area contributed by atoms with Gasteiger partial charge in [0.1, 0.15) is 6.61 Å². The number of aromatic carboxylic acids is 1. The molecule has 0 aliphatic heterocycles. The monoisotopic (exact) mass is 309 g/mol. The standard InChI is InChI=1S/C15H19NO6/c1-4-7-22-15(19)16-11-9-13(21-6-3)12(20-5-2)8-10(11)14(17)18/h4,8-9H,1,5-7H2,2-3H3,(H,16,19)(H,17,18). The first-order chi connectivity index (χ1) is 10.5. The van der Waals surface area contributed by atoms with Crippen LogP contribution in [0.3, 0.4) is 0 Å². The fraction of sp³-hybridized carbons (Fsp3) is 0.333. The Morgan fingerprint density at radius 3 is 2.32 bits per heavy atom. The molecule has 1 amide bonds. The molecule has 0 heterocycles. The van der Waals surface area contributed by atoms with E-state index in [1.165, 1.54) is 18.2 Å². The maximum absolute atomic E-state index is 11.6. The molecule has 0 fully saturated rings. The van der Waals surface area contributed by atoms with E-state index in [9.17, 15) is 14.7 Å². The molecule has 0 saturated carbocycles. The third kappa shape index (κ3) is 4.69. The number of nitrogens with one attached hydrogen (secondary N) is 1. The largest absolute Gasteiger partial charge is 0.490 e. The predicted octanol–water partition coefficient (Wildman–Crippen LogP) is 2.92. The topological polar surface area (TPSA) is 94.1 Å². The van der Waals surface area contributed by atoms with Crippen LogP contribution in [-0.4, -0.2) is 37.0 Å². The highest BCUT2D eigenvalue weighted by molar-refractivity contribution is 5.99. The summed E-state index contributed by atoms with van der Waals surface area (Å²) in [4.78, 5) is 22.9. The highest BCUT2D eigenvalue weighted by Crippen LogP contribution is 2.34. The SMILES string of the molecule is C=CCOC(=O)Nc1cc(OCC)c(OCC)cc1C(=O)O. The van der Waals surface area contributed by atoms with E-state index < -0.39 is 12.1 Å². The van der Waals surface area contributed by atoms with Gasteiger partial charge in [0.2, 0.25) is 0 Å². The number of hydrogen-bond donors (Lipinski definition) is 2. The maximum atomic E-state index is 11.6. The van der Waals surface area contributed by atoms with E-state index in [-0.39, 0.29) is 17.9 Å². The van der Waals surface area contributed by atoms with Crippen molar-refractivity contribution in [3.05, 3.63) is 30.4 Å². The van der Waals surface area contributed by atoms with E-state index in [2.05, 4.69) is 11.9 Å². The normalized spacial score (nSPS) is 9.73. The third-order valence-electron chi connectivity index (χ3n) is 2.48. The van der Waals surface area contributed by atoms with Crippen molar-refractivity contribution in [2.45, 2.75) is 13.8 Å². The second-order valence-corrected chi connectivity index (χ2v) is 4.03. The molecule has 120 valence electrons. The molecule has 0 spiro atoms. The highest BCUT2D eigenvalue weighted by atomic mass is 16.5. The molecule has 2 N–H and O–H groups in total. The highest BCUT2D eigenvalue weighted by Gasteiger charge is 2.18. The van der Waals surface area contributed by atoms with Gasteiger partial charge in [0.15, 0.2) is 11.5 Å². The number of carbonyl (C=O) groups excluding carboxylic acids is 1. The smallest absolute Gasteiger partial charge is 0.411 e. The lowest BCUT2D eigenvalue weighted by atomic mass is 10.1. The molecule has 0 radical (unpaired) electrons. The number of hydrogen-bond acceptors (Lipinski definition) is 5. The number of carboxylic acid groups (broad SMARTS) is 1. The summed E-state index contributed by atoms with van der Waals surface area (Å²) in [5, 5.41) is 11.6. The van der Waals surface area contributed by atoms with Crippen molar-refractivity contribution < 1.29 is 28.9 Å². The predicted molar refractivity (Wildman–Crippen MR) is 80.9 cm³/mol. The second kappa shape index (κ2) is 8.56. The molecule has 0 aliphatic rings. The van der Waals surface area contributed by atoms with Crippen LogP contribution in [0.2, 0.25) is 0 Å². The van der Waals surface area contributed by atoms with Crippen molar-refractivity contribution in [2.24, 2.45) is 0 Å². The second-order valence-electron chi connectivity index (χ2n) is 4.03. The zero-order valence-corrected chi connectivity index (χ0v) is 12.5. The molecule has 1 rings (SSSR count). The van der Waals surface area contributed by atoms with E-state index in [1.807, 2.05) is 0 Å². The van der Waals surface area contributed by atoms with Crippen molar-refractivity contribution in [1.29, 1.82) is 0 Å². The van der Waals surface area contributed by atoms with Crippen LogP contribution in [0.1, 0.15) is 24.2 Å². The minimum Gasteiger partial charge on any atom is -0.490 e. The van der Waals surface area contributed by atoms with Crippen molar-refractivity contribution in [1.82, 2.24) is 0 Å². The van der Waals surface area contributed by atoms with Crippen molar-refractivity contribution >= 4 is 17.7 Å². The molecule has 7 heteroatoms. The maximum Gasteiger partial charge on any atom is 0.411 e.